The maximum Gasteiger partial charge on any atom is 0.110 e. The minimum atomic E-state index is 0.458. The number of para-hydroxylation sites is 1. The molecule has 1 aromatic carbocycles. The average molecular weight is 273 g/mol. The third kappa shape index (κ3) is 1.53. The van der Waals surface area contributed by atoms with Gasteiger partial charge in [-0.1, -0.05) is 42.8 Å². The molecule has 0 N–H and O–H groups in total. The predicted molar refractivity (Wildman–Crippen MR) is 80.5 cm³/mol. The Morgan fingerprint density at radius 2 is 2.11 bits per heavy atom. The summed E-state index contributed by atoms with van der Waals surface area (Å²) in [4.78, 5) is 2.46. The van der Waals surface area contributed by atoms with Crippen LogP contribution in [-0.2, 0) is 6.54 Å². The third-order valence-electron chi connectivity index (χ3n) is 4.47. The van der Waals surface area contributed by atoms with Gasteiger partial charge in [-0.15, -0.1) is 0 Å². The molecule has 3 heterocycles. The molecule has 0 aliphatic carbocycles. The van der Waals surface area contributed by atoms with Gasteiger partial charge in [-0.25, -0.2) is 0 Å². The highest BCUT2D eigenvalue weighted by Gasteiger charge is 2.32. The Balaban J connectivity index is 2.04. The van der Waals surface area contributed by atoms with E-state index >= 15 is 0 Å². The molecule has 4 rings (SSSR count). The van der Waals surface area contributed by atoms with E-state index in [2.05, 4.69) is 53.8 Å². The molecule has 0 saturated carbocycles. The molecule has 0 fully saturated rings. The quantitative estimate of drug-likeness (QED) is 0.711. The number of rotatable bonds is 0. The van der Waals surface area contributed by atoms with E-state index in [4.69, 9.17) is 11.6 Å². The van der Waals surface area contributed by atoms with Gasteiger partial charge in [-0.05, 0) is 24.6 Å². The van der Waals surface area contributed by atoms with Gasteiger partial charge in [0, 0.05) is 24.0 Å². The van der Waals surface area contributed by atoms with Crippen molar-refractivity contribution in [3.8, 4) is 0 Å². The molecule has 2 aliphatic rings. The Labute approximate surface area is 118 Å². The zero-order valence-electron chi connectivity index (χ0n) is 11.2. The molecule has 2 nitrogen and oxygen atoms in total. The summed E-state index contributed by atoms with van der Waals surface area (Å²) < 4.78 is 2.26. The van der Waals surface area contributed by atoms with Crippen LogP contribution in [0.2, 0.25) is 5.15 Å². The summed E-state index contributed by atoms with van der Waals surface area (Å²) in [5.74, 6) is 0.614. The van der Waals surface area contributed by atoms with Crippen LogP contribution in [-0.4, -0.2) is 29.1 Å². The SMILES string of the molecule is C[C@H]1C=C2c3cccc4cc(Cl)n(c34)C[C@@H]2N(C)C1. The van der Waals surface area contributed by atoms with Crippen molar-refractivity contribution in [2.45, 2.75) is 19.5 Å². The van der Waals surface area contributed by atoms with Crippen molar-refractivity contribution in [2.24, 2.45) is 5.92 Å². The lowest BCUT2D eigenvalue weighted by atomic mass is 9.86. The average Bonchev–Trinajstić information content (AvgIpc) is 2.69. The molecular formula is C16H17ClN2. The number of halogens is 1. The van der Waals surface area contributed by atoms with Crippen LogP contribution < -0.4 is 0 Å². The van der Waals surface area contributed by atoms with E-state index in [1.165, 1.54) is 22.0 Å². The number of fused-ring (bicyclic) bond motifs is 2. The second-order valence-electron chi connectivity index (χ2n) is 5.88. The van der Waals surface area contributed by atoms with Gasteiger partial charge < -0.3 is 4.57 Å². The van der Waals surface area contributed by atoms with Gasteiger partial charge in [0.25, 0.3) is 0 Å². The fraction of sp³-hybridized carbons (Fsp3) is 0.375. The molecule has 0 spiro atoms. The zero-order chi connectivity index (χ0) is 13.1. The minimum absolute atomic E-state index is 0.458. The molecule has 2 aliphatic heterocycles. The highest BCUT2D eigenvalue weighted by Crippen LogP contribution is 2.40. The summed E-state index contributed by atoms with van der Waals surface area (Å²) in [6.45, 7) is 4.38. The maximum absolute atomic E-state index is 6.41. The first-order valence-corrected chi connectivity index (χ1v) is 7.23. The third-order valence-corrected chi connectivity index (χ3v) is 4.78. The molecule has 0 radical (unpaired) electrons. The fourth-order valence-electron chi connectivity index (χ4n) is 3.67. The minimum Gasteiger partial charge on any atom is -0.329 e. The van der Waals surface area contributed by atoms with Crippen molar-refractivity contribution in [2.75, 3.05) is 13.6 Å². The van der Waals surface area contributed by atoms with E-state index in [0.29, 0.717) is 12.0 Å². The maximum atomic E-state index is 6.41. The fourth-order valence-corrected chi connectivity index (χ4v) is 3.94. The van der Waals surface area contributed by atoms with E-state index in [1.807, 2.05) is 0 Å². The lowest BCUT2D eigenvalue weighted by molar-refractivity contribution is 0.234. The molecule has 19 heavy (non-hydrogen) atoms. The van der Waals surface area contributed by atoms with Crippen LogP contribution in [0.5, 0.6) is 0 Å². The van der Waals surface area contributed by atoms with Gasteiger partial charge in [0.1, 0.15) is 5.15 Å². The summed E-state index contributed by atoms with van der Waals surface area (Å²) in [7, 11) is 2.22. The van der Waals surface area contributed by atoms with E-state index in [1.54, 1.807) is 0 Å². The van der Waals surface area contributed by atoms with Crippen molar-refractivity contribution in [3.05, 3.63) is 41.1 Å². The van der Waals surface area contributed by atoms with Crippen molar-refractivity contribution in [1.82, 2.24) is 9.47 Å². The molecule has 0 amide bonds. The van der Waals surface area contributed by atoms with Gasteiger partial charge in [0.05, 0.1) is 11.6 Å². The number of hydrogen-bond donors (Lipinski definition) is 0. The molecule has 0 saturated heterocycles. The Hall–Kier alpha value is -1.25. The number of nitrogens with zero attached hydrogens (tertiary/aromatic N) is 2. The molecule has 0 bridgehead atoms. The van der Waals surface area contributed by atoms with Crippen molar-refractivity contribution in [1.29, 1.82) is 0 Å². The number of likely N-dealkylation sites (N-methyl/N-ethyl adjacent to an activating group) is 1. The Bertz CT molecular complexity index is 698. The summed E-state index contributed by atoms with van der Waals surface area (Å²) in [5, 5.41) is 2.11. The molecule has 0 unspecified atom stereocenters. The van der Waals surface area contributed by atoms with Gasteiger partial charge in [-0.2, -0.15) is 0 Å². The lowest BCUT2D eigenvalue weighted by Gasteiger charge is -2.39. The normalized spacial score (nSPS) is 26.4. The van der Waals surface area contributed by atoms with Crippen molar-refractivity contribution >= 4 is 28.1 Å². The van der Waals surface area contributed by atoms with Crippen LogP contribution in [0.1, 0.15) is 12.5 Å². The number of aromatic nitrogens is 1. The van der Waals surface area contributed by atoms with Crippen LogP contribution >= 0.6 is 11.6 Å². The first-order chi connectivity index (χ1) is 9.15. The van der Waals surface area contributed by atoms with E-state index in [9.17, 15) is 0 Å². The predicted octanol–water partition coefficient (Wildman–Crippen LogP) is 3.64. The van der Waals surface area contributed by atoms with Gasteiger partial charge in [-0.3, -0.25) is 4.90 Å². The molecule has 2 aromatic rings. The summed E-state index contributed by atoms with van der Waals surface area (Å²) in [6.07, 6.45) is 2.45. The van der Waals surface area contributed by atoms with Crippen molar-refractivity contribution in [3.63, 3.8) is 0 Å². The van der Waals surface area contributed by atoms with Crippen LogP contribution in [0.4, 0.5) is 0 Å². The topological polar surface area (TPSA) is 8.17 Å². The zero-order valence-corrected chi connectivity index (χ0v) is 12.0. The molecular weight excluding hydrogens is 256 g/mol. The number of hydrogen-bond acceptors (Lipinski definition) is 1. The van der Waals surface area contributed by atoms with Crippen molar-refractivity contribution < 1.29 is 0 Å². The Kier molecular flexibility index (Phi) is 2.36. The largest absolute Gasteiger partial charge is 0.329 e. The molecule has 98 valence electrons. The van der Waals surface area contributed by atoms with Crippen LogP contribution in [0.3, 0.4) is 0 Å². The monoisotopic (exact) mass is 272 g/mol. The van der Waals surface area contributed by atoms with E-state index in [-0.39, 0.29) is 0 Å². The van der Waals surface area contributed by atoms with Crippen LogP contribution in [0.15, 0.2) is 30.3 Å². The number of benzene rings is 1. The first kappa shape index (κ1) is 11.6. The first-order valence-electron chi connectivity index (χ1n) is 6.85. The van der Waals surface area contributed by atoms with E-state index in [0.717, 1.165) is 18.2 Å². The molecule has 1 aromatic heterocycles. The molecule has 3 heteroatoms. The van der Waals surface area contributed by atoms with E-state index < -0.39 is 0 Å². The van der Waals surface area contributed by atoms with Gasteiger partial charge in [0.15, 0.2) is 0 Å². The molecule has 2 atom stereocenters. The Morgan fingerprint density at radius 3 is 2.95 bits per heavy atom. The second kappa shape index (κ2) is 3.87. The van der Waals surface area contributed by atoms with Crippen LogP contribution in [0, 0.1) is 5.92 Å². The second-order valence-corrected chi connectivity index (χ2v) is 6.26. The Morgan fingerprint density at radius 1 is 1.26 bits per heavy atom. The van der Waals surface area contributed by atoms with Gasteiger partial charge >= 0.3 is 0 Å². The van der Waals surface area contributed by atoms with Crippen LogP contribution in [0.25, 0.3) is 16.5 Å². The summed E-state index contributed by atoms with van der Waals surface area (Å²) in [5.41, 5.74) is 4.14. The summed E-state index contributed by atoms with van der Waals surface area (Å²) >= 11 is 6.41. The lowest BCUT2D eigenvalue weighted by Crippen LogP contribution is -2.43. The standard InChI is InChI=1S/C16H17ClN2/c1-10-6-13-12-5-3-4-11-7-15(17)19(16(11)12)9-14(13)18(2)8-10/h3-7,10,14H,8-9H2,1-2H3/t10-,14-/m0/s1. The summed E-state index contributed by atoms with van der Waals surface area (Å²) in [6, 6.07) is 9.07. The van der Waals surface area contributed by atoms with Gasteiger partial charge in [0.2, 0.25) is 0 Å². The highest BCUT2D eigenvalue weighted by atomic mass is 35.5. The highest BCUT2D eigenvalue weighted by molar-refractivity contribution is 6.31. The smallest absolute Gasteiger partial charge is 0.110 e.